The monoisotopic (exact) mass is 373 g/mol. The first-order chi connectivity index (χ1) is 9.69. The largest absolute Gasteiger partial charge is 0.493 e. The van der Waals surface area contributed by atoms with E-state index in [1.54, 1.807) is 12.1 Å². The molecule has 5 heteroatoms. The average molecular weight is 375 g/mol. The van der Waals surface area contributed by atoms with Gasteiger partial charge in [0.1, 0.15) is 11.6 Å². The molecule has 2 aromatic rings. The van der Waals surface area contributed by atoms with Gasteiger partial charge in [-0.05, 0) is 58.2 Å². The Bertz CT molecular complexity index is 563. The van der Waals surface area contributed by atoms with E-state index in [9.17, 15) is 4.39 Å². The zero-order valence-electron chi connectivity index (χ0n) is 11.7. The molecule has 0 aromatic heterocycles. The third-order valence-corrected chi connectivity index (χ3v) is 3.49. The maximum Gasteiger partial charge on any atom is 0.133 e. The van der Waals surface area contributed by atoms with E-state index in [0.717, 1.165) is 22.3 Å². The molecule has 0 aliphatic rings. The quantitative estimate of drug-likeness (QED) is 0.791. The van der Waals surface area contributed by atoms with E-state index in [1.165, 1.54) is 17.7 Å². The summed E-state index contributed by atoms with van der Waals surface area (Å²) in [5.41, 5.74) is 2.24. The first kappa shape index (κ1) is 18.0. The fourth-order valence-electron chi connectivity index (χ4n) is 1.88. The molecule has 0 atom stereocenters. The highest BCUT2D eigenvalue weighted by Gasteiger charge is 2.02. The number of hydrogen-bond acceptors (Lipinski definition) is 2. The molecular formula is C16H18BrClFNO. The van der Waals surface area contributed by atoms with Gasteiger partial charge >= 0.3 is 0 Å². The lowest BCUT2D eigenvalue weighted by atomic mass is 10.2. The molecule has 0 spiro atoms. The summed E-state index contributed by atoms with van der Waals surface area (Å²) in [7, 11) is 0. The van der Waals surface area contributed by atoms with E-state index in [-0.39, 0.29) is 18.2 Å². The minimum atomic E-state index is -0.204. The second kappa shape index (κ2) is 9.03. The molecule has 0 unspecified atom stereocenters. The van der Waals surface area contributed by atoms with Crippen LogP contribution in [0.15, 0.2) is 46.9 Å². The van der Waals surface area contributed by atoms with Gasteiger partial charge in [0.2, 0.25) is 0 Å². The highest BCUT2D eigenvalue weighted by Crippen LogP contribution is 2.25. The lowest BCUT2D eigenvalue weighted by Gasteiger charge is -2.09. The van der Waals surface area contributed by atoms with Crippen molar-refractivity contribution in [3.05, 3.63) is 63.9 Å². The topological polar surface area (TPSA) is 21.3 Å². The highest BCUT2D eigenvalue weighted by atomic mass is 79.9. The summed E-state index contributed by atoms with van der Waals surface area (Å²) in [5.74, 6) is 0.652. The van der Waals surface area contributed by atoms with Crippen LogP contribution in [0.3, 0.4) is 0 Å². The molecule has 0 heterocycles. The molecule has 2 rings (SSSR count). The van der Waals surface area contributed by atoms with Gasteiger partial charge in [-0.2, -0.15) is 0 Å². The zero-order valence-corrected chi connectivity index (χ0v) is 14.1. The standard InChI is InChI=1S/C16H17BrFNO.ClH/c1-2-20-16-8-5-13(9-15(16)17)11-19-10-12-3-6-14(18)7-4-12;/h3-9,19H,2,10-11H2,1H3;1H. The summed E-state index contributed by atoms with van der Waals surface area (Å²) >= 11 is 3.50. The van der Waals surface area contributed by atoms with Crippen molar-refractivity contribution in [2.75, 3.05) is 6.61 Å². The van der Waals surface area contributed by atoms with Gasteiger partial charge in [-0.15, -0.1) is 12.4 Å². The van der Waals surface area contributed by atoms with Crippen LogP contribution in [0.4, 0.5) is 4.39 Å². The number of nitrogens with one attached hydrogen (secondary N) is 1. The molecular weight excluding hydrogens is 357 g/mol. The van der Waals surface area contributed by atoms with Gasteiger partial charge in [0, 0.05) is 13.1 Å². The van der Waals surface area contributed by atoms with Crippen LogP contribution in [-0.2, 0) is 13.1 Å². The normalized spacial score (nSPS) is 10.0. The van der Waals surface area contributed by atoms with Crippen molar-refractivity contribution >= 4 is 28.3 Å². The molecule has 114 valence electrons. The number of halogens is 3. The summed E-state index contributed by atoms with van der Waals surface area (Å²) in [6.07, 6.45) is 0. The molecule has 0 saturated carbocycles. The van der Waals surface area contributed by atoms with Crippen LogP contribution >= 0.6 is 28.3 Å². The van der Waals surface area contributed by atoms with E-state index in [2.05, 4.69) is 21.2 Å². The van der Waals surface area contributed by atoms with Gasteiger partial charge in [0.25, 0.3) is 0 Å². The molecule has 2 aromatic carbocycles. The first-order valence-electron chi connectivity index (χ1n) is 6.55. The van der Waals surface area contributed by atoms with E-state index in [1.807, 2.05) is 25.1 Å². The maximum absolute atomic E-state index is 12.8. The number of rotatable bonds is 6. The summed E-state index contributed by atoms with van der Waals surface area (Å²) in [6, 6.07) is 12.6. The van der Waals surface area contributed by atoms with E-state index in [4.69, 9.17) is 4.74 Å². The Labute approximate surface area is 139 Å². The maximum atomic E-state index is 12.8. The first-order valence-corrected chi connectivity index (χ1v) is 7.34. The Morgan fingerprint density at radius 3 is 2.29 bits per heavy atom. The molecule has 0 radical (unpaired) electrons. The number of benzene rings is 2. The van der Waals surface area contributed by atoms with Crippen LogP contribution in [0.5, 0.6) is 5.75 Å². The van der Waals surface area contributed by atoms with E-state index < -0.39 is 0 Å². The second-order valence-electron chi connectivity index (χ2n) is 4.43. The molecule has 0 aliphatic heterocycles. The molecule has 0 fully saturated rings. The van der Waals surface area contributed by atoms with Gasteiger partial charge in [-0.25, -0.2) is 4.39 Å². The Balaban J connectivity index is 0.00000220. The highest BCUT2D eigenvalue weighted by molar-refractivity contribution is 9.10. The average Bonchev–Trinajstić information content (AvgIpc) is 2.44. The van der Waals surface area contributed by atoms with Crippen molar-refractivity contribution in [3.63, 3.8) is 0 Å². The molecule has 1 N–H and O–H groups in total. The van der Waals surface area contributed by atoms with Crippen molar-refractivity contribution in [1.82, 2.24) is 5.32 Å². The van der Waals surface area contributed by atoms with Crippen molar-refractivity contribution in [2.24, 2.45) is 0 Å². The summed E-state index contributed by atoms with van der Waals surface area (Å²) in [5, 5.41) is 3.33. The lowest BCUT2D eigenvalue weighted by Crippen LogP contribution is -2.12. The third-order valence-electron chi connectivity index (χ3n) is 2.87. The number of hydrogen-bond donors (Lipinski definition) is 1. The van der Waals surface area contributed by atoms with Crippen molar-refractivity contribution in [3.8, 4) is 5.75 Å². The molecule has 0 saturated heterocycles. The molecule has 0 amide bonds. The van der Waals surface area contributed by atoms with Crippen LogP contribution < -0.4 is 10.1 Å². The Kier molecular flexibility index (Phi) is 7.72. The minimum absolute atomic E-state index is 0. The molecule has 21 heavy (non-hydrogen) atoms. The van der Waals surface area contributed by atoms with Crippen molar-refractivity contribution < 1.29 is 9.13 Å². The van der Waals surface area contributed by atoms with E-state index in [0.29, 0.717) is 13.2 Å². The summed E-state index contributed by atoms with van der Waals surface area (Å²) in [4.78, 5) is 0. The van der Waals surface area contributed by atoms with Crippen LogP contribution in [0.2, 0.25) is 0 Å². The second-order valence-corrected chi connectivity index (χ2v) is 5.28. The van der Waals surface area contributed by atoms with Crippen LogP contribution in [0.1, 0.15) is 18.1 Å². The third kappa shape index (κ3) is 5.65. The lowest BCUT2D eigenvalue weighted by molar-refractivity contribution is 0.338. The molecule has 2 nitrogen and oxygen atoms in total. The summed E-state index contributed by atoms with van der Waals surface area (Å²) in [6.45, 7) is 4.08. The van der Waals surface area contributed by atoms with E-state index >= 15 is 0 Å². The van der Waals surface area contributed by atoms with Gasteiger partial charge in [0.05, 0.1) is 11.1 Å². The molecule has 0 bridgehead atoms. The SMILES string of the molecule is CCOc1ccc(CNCc2ccc(F)cc2)cc1Br.Cl. The van der Waals surface area contributed by atoms with Gasteiger partial charge in [-0.1, -0.05) is 18.2 Å². The smallest absolute Gasteiger partial charge is 0.133 e. The fourth-order valence-corrected chi connectivity index (χ4v) is 2.42. The fraction of sp³-hybridized carbons (Fsp3) is 0.250. The molecule has 0 aliphatic carbocycles. The van der Waals surface area contributed by atoms with Crippen LogP contribution in [0.25, 0.3) is 0 Å². The summed E-state index contributed by atoms with van der Waals surface area (Å²) < 4.78 is 19.2. The Morgan fingerprint density at radius 1 is 1.05 bits per heavy atom. The van der Waals surface area contributed by atoms with Gasteiger partial charge in [0.15, 0.2) is 0 Å². The Morgan fingerprint density at radius 2 is 1.67 bits per heavy atom. The minimum Gasteiger partial charge on any atom is -0.493 e. The zero-order chi connectivity index (χ0) is 14.4. The predicted octanol–water partition coefficient (Wildman–Crippen LogP) is 4.70. The van der Waals surface area contributed by atoms with Gasteiger partial charge < -0.3 is 10.1 Å². The van der Waals surface area contributed by atoms with Crippen molar-refractivity contribution in [2.45, 2.75) is 20.0 Å². The van der Waals surface area contributed by atoms with Gasteiger partial charge in [-0.3, -0.25) is 0 Å². The van der Waals surface area contributed by atoms with Crippen LogP contribution in [0, 0.1) is 5.82 Å². The predicted molar refractivity (Wildman–Crippen MR) is 89.5 cm³/mol. The number of ether oxygens (including phenoxy) is 1. The Hall–Kier alpha value is -1.10. The van der Waals surface area contributed by atoms with Crippen molar-refractivity contribution in [1.29, 1.82) is 0 Å². The van der Waals surface area contributed by atoms with Crippen LogP contribution in [-0.4, -0.2) is 6.61 Å².